The van der Waals surface area contributed by atoms with Crippen LogP contribution in [0.4, 0.5) is 0 Å². The predicted octanol–water partition coefficient (Wildman–Crippen LogP) is 0.835. The van der Waals surface area contributed by atoms with Crippen LogP contribution < -0.4 is 10.1 Å². The van der Waals surface area contributed by atoms with E-state index in [1.54, 1.807) is 0 Å². The molecular weight excluding hydrogens is 302 g/mol. The van der Waals surface area contributed by atoms with Crippen molar-refractivity contribution in [1.29, 1.82) is 5.26 Å². The molecule has 0 aromatic heterocycles. The zero-order valence-corrected chi connectivity index (χ0v) is 12.4. The molecule has 2 rings (SSSR count). The quantitative estimate of drug-likeness (QED) is 0.893. The van der Waals surface area contributed by atoms with Crippen molar-refractivity contribution in [2.45, 2.75) is 10.9 Å². The minimum Gasteiger partial charge on any atom is -0.495 e. The minimum atomic E-state index is -3.80. The summed E-state index contributed by atoms with van der Waals surface area (Å²) in [6.45, 7) is 1.06. The summed E-state index contributed by atoms with van der Waals surface area (Å²) in [5.74, 6) is 0.174. The van der Waals surface area contributed by atoms with Gasteiger partial charge < -0.3 is 10.1 Å². The number of benzene rings is 1. The number of nitrogens with one attached hydrogen (secondary N) is 1. The number of ether oxygens (including phenoxy) is 1. The van der Waals surface area contributed by atoms with Gasteiger partial charge in [0.1, 0.15) is 16.7 Å². The topological polar surface area (TPSA) is 82.4 Å². The third-order valence-electron chi connectivity index (χ3n) is 3.06. The van der Waals surface area contributed by atoms with Crippen molar-refractivity contribution in [3.05, 3.63) is 23.2 Å². The van der Waals surface area contributed by atoms with Gasteiger partial charge in [0.05, 0.1) is 13.2 Å². The number of methoxy groups -OCH3 is 1. The lowest BCUT2D eigenvalue weighted by molar-refractivity contribution is 0.309. The maximum absolute atomic E-state index is 12.7. The lowest BCUT2D eigenvalue weighted by atomic mass is 10.3. The molecule has 0 spiro atoms. The van der Waals surface area contributed by atoms with Gasteiger partial charge in [-0.1, -0.05) is 11.6 Å². The summed E-state index contributed by atoms with van der Waals surface area (Å²) in [5.41, 5.74) is 0. The highest BCUT2D eigenvalue weighted by Crippen LogP contribution is 2.30. The van der Waals surface area contributed by atoms with Gasteiger partial charge in [-0.15, -0.1) is 0 Å². The molecule has 6 nitrogen and oxygen atoms in total. The first-order valence-electron chi connectivity index (χ1n) is 5.96. The van der Waals surface area contributed by atoms with Crippen molar-refractivity contribution in [2.75, 3.05) is 26.7 Å². The molecule has 0 amide bonds. The smallest absolute Gasteiger partial charge is 0.248 e. The lowest BCUT2D eigenvalue weighted by Crippen LogP contribution is -2.52. The molecule has 1 fully saturated rings. The number of sulfonamides is 1. The highest BCUT2D eigenvalue weighted by molar-refractivity contribution is 7.89. The summed E-state index contributed by atoms with van der Waals surface area (Å²) in [6.07, 6.45) is 0. The highest BCUT2D eigenvalue weighted by atomic mass is 35.5. The molecule has 1 N–H and O–H groups in total. The van der Waals surface area contributed by atoms with Gasteiger partial charge in [-0.05, 0) is 12.1 Å². The van der Waals surface area contributed by atoms with Crippen LogP contribution in [0.5, 0.6) is 5.75 Å². The molecule has 0 radical (unpaired) electrons. The summed E-state index contributed by atoms with van der Waals surface area (Å²) in [5, 5.41) is 12.5. The van der Waals surface area contributed by atoms with Crippen LogP contribution in [0, 0.1) is 11.3 Å². The average Bonchev–Trinajstić information content (AvgIpc) is 2.46. The van der Waals surface area contributed by atoms with Crippen molar-refractivity contribution >= 4 is 21.6 Å². The Morgan fingerprint density at radius 2 is 2.30 bits per heavy atom. The van der Waals surface area contributed by atoms with E-state index in [0.29, 0.717) is 18.1 Å². The Kier molecular flexibility index (Phi) is 4.50. The first-order chi connectivity index (χ1) is 9.50. The number of hydrogen-bond donors (Lipinski definition) is 1. The molecule has 8 heteroatoms. The second-order valence-electron chi connectivity index (χ2n) is 4.26. The van der Waals surface area contributed by atoms with Gasteiger partial charge in [-0.2, -0.15) is 9.57 Å². The number of halogens is 1. The van der Waals surface area contributed by atoms with Crippen molar-refractivity contribution in [3.63, 3.8) is 0 Å². The van der Waals surface area contributed by atoms with Gasteiger partial charge in [0, 0.05) is 30.7 Å². The van der Waals surface area contributed by atoms with Crippen LogP contribution in [-0.2, 0) is 10.0 Å². The SMILES string of the molecule is COc1cc(Cl)ccc1S(=O)(=O)N1CCNCC1C#N. The van der Waals surface area contributed by atoms with Crippen molar-refractivity contribution in [1.82, 2.24) is 9.62 Å². The first-order valence-corrected chi connectivity index (χ1v) is 7.78. The van der Waals surface area contributed by atoms with Gasteiger partial charge in [0.25, 0.3) is 0 Å². The van der Waals surface area contributed by atoms with Crippen molar-refractivity contribution < 1.29 is 13.2 Å². The van der Waals surface area contributed by atoms with E-state index in [0.717, 1.165) is 0 Å². The molecule has 1 aromatic rings. The van der Waals surface area contributed by atoms with Crippen LogP contribution in [0.25, 0.3) is 0 Å². The summed E-state index contributed by atoms with van der Waals surface area (Å²) in [4.78, 5) is 0.0200. The normalized spacial score (nSPS) is 20.4. The Morgan fingerprint density at radius 3 is 2.95 bits per heavy atom. The monoisotopic (exact) mass is 315 g/mol. The number of rotatable bonds is 3. The number of hydrogen-bond acceptors (Lipinski definition) is 5. The van der Waals surface area contributed by atoms with Crippen LogP contribution in [0.2, 0.25) is 5.02 Å². The molecule has 20 heavy (non-hydrogen) atoms. The fraction of sp³-hybridized carbons (Fsp3) is 0.417. The first kappa shape index (κ1) is 15.1. The molecular formula is C12H14ClN3O3S. The molecule has 1 atom stereocenters. The largest absolute Gasteiger partial charge is 0.495 e. The second-order valence-corrected chi connectivity index (χ2v) is 6.56. The predicted molar refractivity (Wildman–Crippen MR) is 74.2 cm³/mol. The third-order valence-corrected chi connectivity index (χ3v) is 5.24. The molecule has 1 heterocycles. The Bertz CT molecular complexity index is 642. The Hall–Kier alpha value is -1.33. The van der Waals surface area contributed by atoms with Crippen molar-refractivity contribution in [3.8, 4) is 11.8 Å². The summed E-state index contributed by atoms with van der Waals surface area (Å²) in [7, 11) is -2.42. The van der Waals surface area contributed by atoms with Crippen LogP contribution >= 0.6 is 11.6 Å². The van der Waals surface area contributed by atoms with E-state index >= 15 is 0 Å². The van der Waals surface area contributed by atoms with Crippen LogP contribution in [0.3, 0.4) is 0 Å². The van der Waals surface area contributed by atoms with Gasteiger partial charge in [0.15, 0.2) is 0 Å². The Morgan fingerprint density at radius 1 is 1.55 bits per heavy atom. The fourth-order valence-corrected chi connectivity index (χ4v) is 3.90. The van der Waals surface area contributed by atoms with Gasteiger partial charge in [0.2, 0.25) is 10.0 Å². The van der Waals surface area contributed by atoms with Gasteiger partial charge in [-0.25, -0.2) is 8.42 Å². The zero-order chi connectivity index (χ0) is 14.8. The standard InChI is InChI=1S/C12H14ClN3O3S/c1-19-11-6-9(13)2-3-12(11)20(17,18)16-5-4-15-8-10(16)7-14/h2-3,6,10,15H,4-5,8H2,1H3. The maximum Gasteiger partial charge on any atom is 0.248 e. The summed E-state index contributed by atoms with van der Waals surface area (Å²) >= 11 is 5.84. The van der Waals surface area contributed by atoms with E-state index in [1.165, 1.54) is 29.6 Å². The van der Waals surface area contributed by atoms with E-state index in [2.05, 4.69) is 5.32 Å². The van der Waals surface area contributed by atoms with Crippen LogP contribution in [0.15, 0.2) is 23.1 Å². The zero-order valence-electron chi connectivity index (χ0n) is 10.8. The summed E-state index contributed by atoms with van der Waals surface area (Å²) < 4.78 is 31.6. The molecule has 1 unspecified atom stereocenters. The second kappa shape index (κ2) is 5.97. The molecule has 0 bridgehead atoms. The molecule has 1 aliphatic heterocycles. The minimum absolute atomic E-state index is 0.0200. The maximum atomic E-state index is 12.7. The van der Waals surface area contributed by atoms with Crippen LogP contribution in [-0.4, -0.2) is 45.5 Å². The highest BCUT2D eigenvalue weighted by Gasteiger charge is 2.35. The average molecular weight is 316 g/mol. The molecule has 0 aliphatic carbocycles. The van der Waals surface area contributed by atoms with E-state index in [1.807, 2.05) is 6.07 Å². The lowest BCUT2D eigenvalue weighted by Gasteiger charge is -2.31. The number of piperazine rings is 1. The fourth-order valence-electron chi connectivity index (χ4n) is 2.06. The van der Waals surface area contributed by atoms with Gasteiger partial charge in [-0.3, -0.25) is 0 Å². The molecule has 108 valence electrons. The molecule has 1 saturated heterocycles. The van der Waals surface area contributed by atoms with Gasteiger partial charge >= 0.3 is 0 Å². The van der Waals surface area contributed by atoms with Crippen molar-refractivity contribution in [2.24, 2.45) is 0 Å². The third kappa shape index (κ3) is 2.74. The number of nitrogens with zero attached hydrogens (tertiary/aromatic N) is 2. The molecule has 1 aromatic carbocycles. The van der Waals surface area contributed by atoms with E-state index in [9.17, 15) is 8.42 Å². The summed E-state index contributed by atoms with van der Waals surface area (Å²) in [6, 6.07) is 5.59. The van der Waals surface area contributed by atoms with E-state index in [4.69, 9.17) is 21.6 Å². The Labute approximate surface area is 122 Å². The van der Waals surface area contributed by atoms with E-state index in [-0.39, 0.29) is 17.2 Å². The number of nitriles is 1. The molecule has 1 aliphatic rings. The van der Waals surface area contributed by atoms with E-state index < -0.39 is 16.1 Å². The molecule has 0 saturated carbocycles. The Balaban J connectivity index is 2.47. The van der Waals surface area contributed by atoms with Crippen LogP contribution in [0.1, 0.15) is 0 Å².